The number of methoxy groups -OCH3 is 2. The topological polar surface area (TPSA) is 54.8 Å². The summed E-state index contributed by atoms with van der Waals surface area (Å²) >= 11 is 1.90. The van der Waals surface area contributed by atoms with E-state index in [9.17, 15) is 5.11 Å². The molecule has 1 fully saturated rings. The molecule has 2 aromatic carbocycles. The van der Waals surface area contributed by atoms with Gasteiger partial charge in [0, 0.05) is 29.6 Å². The Morgan fingerprint density at radius 3 is 2.57 bits per heavy atom. The van der Waals surface area contributed by atoms with E-state index in [1.807, 2.05) is 42.2 Å². The molecule has 35 heavy (non-hydrogen) atoms. The van der Waals surface area contributed by atoms with E-state index in [1.165, 1.54) is 28.7 Å². The highest BCUT2D eigenvalue weighted by atomic mass is 32.2. The molecule has 0 amide bonds. The van der Waals surface area contributed by atoms with E-state index in [-0.39, 0.29) is 6.61 Å². The van der Waals surface area contributed by atoms with Crippen molar-refractivity contribution in [1.82, 2.24) is 9.88 Å². The Hall–Kier alpha value is -2.28. The Balaban J connectivity index is 1.20. The van der Waals surface area contributed by atoms with Crippen LogP contribution in [-0.4, -0.2) is 61.2 Å². The third-order valence-electron chi connectivity index (χ3n) is 7.22. The monoisotopic (exact) mass is 494 g/mol. The van der Waals surface area contributed by atoms with E-state index < -0.39 is 0 Å². The summed E-state index contributed by atoms with van der Waals surface area (Å²) in [4.78, 5) is 8.34. The van der Waals surface area contributed by atoms with Crippen LogP contribution in [-0.2, 0) is 6.42 Å². The predicted octanol–water partition coefficient (Wildman–Crippen LogP) is 5.69. The fourth-order valence-corrected chi connectivity index (χ4v) is 6.02. The van der Waals surface area contributed by atoms with E-state index >= 15 is 0 Å². The van der Waals surface area contributed by atoms with Gasteiger partial charge >= 0.3 is 0 Å². The molecule has 2 atom stereocenters. The van der Waals surface area contributed by atoms with E-state index in [4.69, 9.17) is 9.47 Å². The van der Waals surface area contributed by atoms with E-state index in [1.54, 1.807) is 14.2 Å². The number of nitrogens with zero attached hydrogens (tertiary/aromatic N) is 2. The van der Waals surface area contributed by atoms with Crippen molar-refractivity contribution in [1.29, 1.82) is 0 Å². The zero-order valence-electron chi connectivity index (χ0n) is 21.0. The molecular formula is C29H38N2O3S. The second-order valence-corrected chi connectivity index (χ2v) is 10.6. The van der Waals surface area contributed by atoms with Gasteiger partial charge < -0.3 is 19.5 Å². The van der Waals surface area contributed by atoms with Crippen LogP contribution in [0.1, 0.15) is 31.2 Å². The van der Waals surface area contributed by atoms with Gasteiger partial charge in [-0.15, -0.1) is 11.8 Å². The Kier molecular flexibility index (Phi) is 9.69. The maximum absolute atomic E-state index is 10.1. The summed E-state index contributed by atoms with van der Waals surface area (Å²) in [6.45, 7) is 3.56. The maximum Gasteiger partial charge on any atom is 0.119 e. The molecule has 0 bridgehead atoms. The zero-order chi connectivity index (χ0) is 24.5. The van der Waals surface area contributed by atoms with Crippen LogP contribution in [0.2, 0.25) is 0 Å². The maximum atomic E-state index is 10.1. The van der Waals surface area contributed by atoms with Gasteiger partial charge in [-0.05, 0) is 117 Å². The number of hydrogen-bond acceptors (Lipinski definition) is 6. The van der Waals surface area contributed by atoms with E-state index in [0.29, 0.717) is 11.8 Å². The highest BCUT2D eigenvalue weighted by Gasteiger charge is 2.28. The molecule has 3 aromatic rings. The lowest BCUT2D eigenvalue weighted by Crippen LogP contribution is -2.42. The standard InChI is InChI=1S/C29H38N2O3S/c1-33-25-7-10-27(11-8-25)35-18-4-16-31-17-14-22(24(20-31)21-32)5-3-6-23-13-15-30-29-12-9-26(34-2)19-28(23)29/h7-13,15,19,22,24,32H,3-6,14,16-18,20-21H2,1-2H3/t22-,24-/m1/s1. The average molecular weight is 495 g/mol. The molecule has 0 spiro atoms. The largest absolute Gasteiger partial charge is 0.497 e. The molecule has 1 aliphatic rings. The number of fused-ring (bicyclic) bond motifs is 1. The van der Waals surface area contributed by atoms with E-state index in [2.05, 4.69) is 34.1 Å². The SMILES string of the molecule is COc1ccc(SCCCN2CC[C@@H](CCCc3ccnc4ccc(OC)cc34)[C@@H](CO)C2)cc1. The van der Waals surface area contributed by atoms with Crippen LogP contribution in [0.3, 0.4) is 0 Å². The van der Waals surface area contributed by atoms with Gasteiger partial charge in [0.1, 0.15) is 11.5 Å². The lowest BCUT2D eigenvalue weighted by molar-refractivity contribution is 0.0677. The minimum Gasteiger partial charge on any atom is -0.497 e. The molecule has 1 saturated heterocycles. The van der Waals surface area contributed by atoms with Crippen molar-refractivity contribution in [2.24, 2.45) is 11.8 Å². The van der Waals surface area contributed by atoms with Gasteiger partial charge in [-0.1, -0.05) is 0 Å². The molecule has 2 heterocycles. The van der Waals surface area contributed by atoms with Gasteiger partial charge in [0.05, 0.1) is 19.7 Å². The predicted molar refractivity (Wildman–Crippen MR) is 145 cm³/mol. The number of rotatable bonds is 12. The van der Waals surface area contributed by atoms with Crippen molar-refractivity contribution in [2.45, 2.75) is 37.0 Å². The summed E-state index contributed by atoms with van der Waals surface area (Å²) < 4.78 is 10.6. The quantitative estimate of drug-likeness (QED) is 0.258. The molecule has 188 valence electrons. The van der Waals surface area contributed by atoms with Gasteiger partial charge in [-0.3, -0.25) is 4.98 Å². The summed E-state index contributed by atoms with van der Waals surface area (Å²) in [6.07, 6.45) is 7.59. The van der Waals surface area contributed by atoms with Crippen LogP contribution < -0.4 is 9.47 Å². The number of aliphatic hydroxyl groups excluding tert-OH is 1. The van der Waals surface area contributed by atoms with Crippen LogP contribution in [0.4, 0.5) is 0 Å². The first kappa shape index (κ1) is 25.8. The van der Waals surface area contributed by atoms with Gasteiger partial charge in [0.15, 0.2) is 0 Å². The summed E-state index contributed by atoms with van der Waals surface area (Å²) in [5.74, 6) is 3.88. The summed E-state index contributed by atoms with van der Waals surface area (Å²) in [5.41, 5.74) is 2.36. The number of likely N-dealkylation sites (tertiary alicyclic amines) is 1. The van der Waals surface area contributed by atoms with Crippen LogP contribution in [0, 0.1) is 11.8 Å². The molecule has 5 nitrogen and oxygen atoms in total. The second kappa shape index (κ2) is 13.1. The third-order valence-corrected chi connectivity index (χ3v) is 8.32. The molecule has 0 aliphatic carbocycles. The lowest BCUT2D eigenvalue weighted by Gasteiger charge is -2.38. The van der Waals surface area contributed by atoms with Gasteiger partial charge in [0.2, 0.25) is 0 Å². The number of pyridine rings is 1. The van der Waals surface area contributed by atoms with E-state index in [0.717, 1.165) is 61.7 Å². The second-order valence-electron chi connectivity index (χ2n) is 9.41. The van der Waals surface area contributed by atoms with Gasteiger partial charge in [-0.25, -0.2) is 0 Å². The number of piperidine rings is 1. The summed E-state index contributed by atoms with van der Waals surface area (Å²) in [6, 6.07) is 16.5. The van der Waals surface area contributed by atoms with Crippen LogP contribution in [0.5, 0.6) is 11.5 Å². The Morgan fingerprint density at radius 1 is 1.00 bits per heavy atom. The Morgan fingerprint density at radius 2 is 1.80 bits per heavy atom. The van der Waals surface area contributed by atoms with Crippen molar-refractivity contribution in [3.05, 3.63) is 60.3 Å². The number of aliphatic hydroxyl groups is 1. The normalized spacial score (nSPS) is 18.6. The highest BCUT2D eigenvalue weighted by Crippen LogP contribution is 2.30. The lowest BCUT2D eigenvalue weighted by atomic mass is 9.82. The number of ether oxygens (including phenoxy) is 2. The van der Waals surface area contributed by atoms with Crippen LogP contribution >= 0.6 is 11.8 Å². The molecule has 0 radical (unpaired) electrons. The Bertz CT molecular complexity index is 1060. The summed E-state index contributed by atoms with van der Waals surface area (Å²) in [7, 11) is 3.41. The van der Waals surface area contributed by atoms with Gasteiger partial charge in [-0.2, -0.15) is 0 Å². The fraction of sp³-hybridized carbons (Fsp3) is 0.483. The zero-order valence-corrected chi connectivity index (χ0v) is 21.8. The molecular weight excluding hydrogens is 456 g/mol. The van der Waals surface area contributed by atoms with Crippen molar-refractivity contribution >= 4 is 22.7 Å². The molecule has 1 aromatic heterocycles. The minimum absolute atomic E-state index is 0.289. The first-order chi connectivity index (χ1) is 17.2. The summed E-state index contributed by atoms with van der Waals surface area (Å²) in [5, 5.41) is 11.3. The molecule has 1 N–H and O–H groups in total. The number of hydrogen-bond donors (Lipinski definition) is 1. The van der Waals surface area contributed by atoms with Gasteiger partial charge in [0.25, 0.3) is 0 Å². The van der Waals surface area contributed by atoms with Crippen molar-refractivity contribution in [3.63, 3.8) is 0 Å². The fourth-order valence-electron chi connectivity index (χ4n) is 5.18. The first-order valence-electron chi connectivity index (χ1n) is 12.7. The number of aryl methyl sites for hydroxylation is 1. The van der Waals surface area contributed by atoms with Crippen LogP contribution in [0.25, 0.3) is 10.9 Å². The molecule has 1 aliphatic heterocycles. The van der Waals surface area contributed by atoms with Crippen LogP contribution in [0.15, 0.2) is 59.6 Å². The molecule has 0 saturated carbocycles. The number of aromatic nitrogens is 1. The smallest absolute Gasteiger partial charge is 0.119 e. The molecule has 0 unspecified atom stereocenters. The number of benzene rings is 2. The van der Waals surface area contributed by atoms with Crippen molar-refractivity contribution in [3.8, 4) is 11.5 Å². The minimum atomic E-state index is 0.289. The van der Waals surface area contributed by atoms with Crippen molar-refractivity contribution in [2.75, 3.05) is 46.2 Å². The first-order valence-corrected chi connectivity index (χ1v) is 13.7. The number of thioether (sulfide) groups is 1. The third kappa shape index (κ3) is 7.12. The average Bonchev–Trinajstić information content (AvgIpc) is 2.91. The highest BCUT2D eigenvalue weighted by molar-refractivity contribution is 7.99. The molecule has 4 rings (SSSR count). The Labute approximate surface area is 213 Å². The molecule has 6 heteroatoms. The van der Waals surface area contributed by atoms with Crippen molar-refractivity contribution < 1.29 is 14.6 Å².